The van der Waals surface area contributed by atoms with Crippen molar-refractivity contribution in [2.45, 2.75) is 24.0 Å². The van der Waals surface area contributed by atoms with Gasteiger partial charge in [-0.2, -0.15) is 0 Å². The summed E-state index contributed by atoms with van der Waals surface area (Å²) in [5.74, 6) is -0.325. The van der Waals surface area contributed by atoms with Gasteiger partial charge >= 0.3 is 0 Å². The van der Waals surface area contributed by atoms with Crippen LogP contribution in [0.15, 0.2) is 83.8 Å². The molecule has 2 N–H and O–H groups in total. The van der Waals surface area contributed by atoms with Gasteiger partial charge in [0, 0.05) is 16.7 Å². The third-order valence-electron chi connectivity index (χ3n) is 4.78. The van der Waals surface area contributed by atoms with Crippen molar-refractivity contribution in [1.82, 2.24) is 4.98 Å². The molecule has 3 aromatic carbocycles. The minimum Gasteiger partial charge on any atom is -0.322 e. The van der Waals surface area contributed by atoms with E-state index in [-0.39, 0.29) is 17.1 Å². The molecule has 0 radical (unpaired) electrons. The van der Waals surface area contributed by atoms with Crippen LogP contribution < -0.4 is 10.6 Å². The van der Waals surface area contributed by atoms with Gasteiger partial charge in [-0.3, -0.25) is 9.59 Å². The number of hydrogen-bond donors (Lipinski definition) is 2. The third-order valence-corrected chi connectivity index (χ3v) is 6.81. The lowest BCUT2D eigenvalue weighted by molar-refractivity contribution is -0.115. The molecule has 4 aromatic rings. The summed E-state index contributed by atoms with van der Waals surface area (Å²) >= 11 is 2.90. The van der Waals surface area contributed by atoms with Gasteiger partial charge in [-0.1, -0.05) is 53.8 Å². The molecule has 33 heavy (non-hydrogen) atoms. The predicted octanol–water partition coefficient (Wildman–Crippen LogP) is 6.38. The Balaban J connectivity index is 1.35. The number of nitrogens with one attached hydrogen (secondary N) is 2. The SMILES string of the molecule is Cc1ccc2nc(NC(=O)C(C)Sc3cccc(NC(=O)/C=C/c4ccccc4)c3)sc2c1. The predicted molar refractivity (Wildman–Crippen MR) is 139 cm³/mol. The number of carbonyl (C=O) groups is 2. The number of amides is 2. The summed E-state index contributed by atoms with van der Waals surface area (Å²) in [6.07, 6.45) is 3.27. The molecule has 2 amide bonds. The van der Waals surface area contributed by atoms with Crippen LogP contribution >= 0.6 is 23.1 Å². The number of hydrogen-bond acceptors (Lipinski definition) is 5. The molecule has 0 spiro atoms. The first-order chi connectivity index (χ1) is 16.0. The molecule has 1 aromatic heterocycles. The number of aromatic nitrogens is 1. The fourth-order valence-electron chi connectivity index (χ4n) is 3.12. The molecular weight excluding hydrogens is 450 g/mol. The Labute approximate surface area is 200 Å². The van der Waals surface area contributed by atoms with Crippen LogP contribution in [0.3, 0.4) is 0 Å². The first-order valence-electron chi connectivity index (χ1n) is 10.5. The highest BCUT2D eigenvalue weighted by Gasteiger charge is 2.17. The number of nitrogens with zero attached hydrogens (tertiary/aromatic N) is 1. The van der Waals surface area contributed by atoms with E-state index in [1.807, 2.05) is 80.6 Å². The number of thiazole rings is 1. The Kier molecular flexibility index (Phi) is 7.22. The van der Waals surface area contributed by atoms with Crippen LogP contribution in [-0.4, -0.2) is 22.0 Å². The highest BCUT2D eigenvalue weighted by molar-refractivity contribution is 8.00. The molecule has 166 valence electrons. The molecular formula is C26H23N3O2S2. The van der Waals surface area contributed by atoms with Crippen molar-refractivity contribution in [3.63, 3.8) is 0 Å². The molecule has 4 rings (SSSR count). The van der Waals surface area contributed by atoms with Crippen LogP contribution in [0.2, 0.25) is 0 Å². The van der Waals surface area contributed by atoms with Crippen molar-refractivity contribution in [3.05, 3.63) is 90.0 Å². The molecule has 0 bridgehead atoms. The summed E-state index contributed by atoms with van der Waals surface area (Å²) < 4.78 is 1.05. The van der Waals surface area contributed by atoms with Crippen molar-refractivity contribution in [2.24, 2.45) is 0 Å². The molecule has 0 aliphatic carbocycles. The van der Waals surface area contributed by atoms with E-state index in [1.165, 1.54) is 29.2 Å². The molecule has 1 unspecified atom stereocenters. The zero-order chi connectivity index (χ0) is 23.2. The lowest BCUT2D eigenvalue weighted by Crippen LogP contribution is -2.22. The average Bonchev–Trinajstić information content (AvgIpc) is 3.20. The minimum atomic E-state index is -0.331. The Bertz CT molecular complexity index is 1320. The fourth-order valence-corrected chi connectivity index (χ4v) is 5.01. The van der Waals surface area contributed by atoms with Crippen LogP contribution in [-0.2, 0) is 9.59 Å². The van der Waals surface area contributed by atoms with Crippen LogP contribution in [0.4, 0.5) is 10.8 Å². The van der Waals surface area contributed by atoms with Crippen molar-refractivity contribution in [2.75, 3.05) is 10.6 Å². The first kappa shape index (κ1) is 22.8. The number of aryl methyl sites for hydroxylation is 1. The van der Waals surface area contributed by atoms with Crippen molar-refractivity contribution in [3.8, 4) is 0 Å². The molecule has 0 saturated carbocycles. The molecule has 0 aliphatic heterocycles. The Morgan fingerprint density at radius 2 is 1.82 bits per heavy atom. The van der Waals surface area contributed by atoms with Gasteiger partial charge in [0.1, 0.15) is 0 Å². The maximum absolute atomic E-state index is 12.7. The standard InChI is InChI=1S/C26H23N3O2S2/c1-17-11-13-22-23(15-17)33-26(28-22)29-25(31)18(2)32-21-10-6-9-20(16-21)27-24(30)14-12-19-7-4-3-5-8-19/h3-16,18H,1-2H3,(H,27,30)(H,28,29,31)/b14-12+. The van der Waals surface area contributed by atoms with Gasteiger partial charge in [0.05, 0.1) is 15.5 Å². The summed E-state index contributed by atoms with van der Waals surface area (Å²) in [4.78, 5) is 30.3. The number of fused-ring (bicyclic) bond motifs is 1. The quantitative estimate of drug-likeness (QED) is 0.241. The van der Waals surface area contributed by atoms with Crippen molar-refractivity contribution in [1.29, 1.82) is 0 Å². The van der Waals surface area contributed by atoms with Gasteiger partial charge in [0.15, 0.2) is 5.13 Å². The first-order valence-corrected chi connectivity index (χ1v) is 12.1. The van der Waals surface area contributed by atoms with E-state index in [9.17, 15) is 9.59 Å². The van der Waals surface area contributed by atoms with Gasteiger partial charge < -0.3 is 10.6 Å². The normalized spacial score (nSPS) is 12.1. The van der Waals surface area contributed by atoms with Gasteiger partial charge in [-0.25, -0.2) is 4.98 Å². The molecule has 1 heterocycles. The van der Waals surface area contributed by atoms with E-state index in [0.29, 0.717) is 10.8 Å². The Hall–Kier alpha value is -3.42. The number of anilines is 2. The van der Waals surface area contributed by atoms with Crippen LogP contribution in [0.5, 0.6) is 0 Å². The second kappa shape index (κ2) is 10.5. The second-order valence-corrected chi connectivity index (χ2v) is 9.95. The highest BCUT2D eigenvalue weighted by Crippen LogP contribution is 2.29. The van der Waals surface area contributed by atoms with E-state index < -0.39 is 0 Å². The molecule has 5 nitrogen and oxygen atoms in total. The smallest absolute Gasteiger partial charge is 0.248 e. The summed E-state index contributed by atoms with van der Waals surface area (Å²) in [7, 11) is 0. The van der Waals surface area contributed by atoms with Gasteiger partial charge in [0.25, 0.3) is 0 Å². The van der Waals surface area contributed by atoms with Crippen molar-refractivity contribution < 1.29 is 9.59 Å². The molecule has 1 atom stereocenters. The second-order valence-electron chi connectivity index (χ2n) is 7.50. The largest absolute Gasteiger partial charge is 0.322 e. The third kappa shape index (κ3) is 6.31. The minimum absolute atomic E-state index is 0.115. The number of rotatable bonds is 7. The van der Waals surface area contributed by atoms with Crippen LogP contribution in [0, 0.1) is 6.92 Å². The van der Waals surface area contributed by atoms with Gasteiger partial charge in [-0.15, -0.1) is 11.8 Å². The van der Waals surface area contributed by atoms with E-state index in [0.717, 1.165) is 26.2 Å². The number of benzene rings is 3. The lowest BCUT2D eigenvalue weighted by atomic mass is 10.2. The summed E-state index contributed by atoms with van der Waals surface area (Å²) in [5.41, 5.74) is 3.68. The summed E-state index contributed by atoms with van der Waals surface area (Å²) in [6, 6.07) is 23.2. The average molecular weight is 474 g/mol. The highest BCUT2D eigenvalue weighted by atomic mass is 32.2. The monoisotopic (exact) mass is 473 g/mol. The zero-order valence-electron chi connectivity index (χ0n) is 18.2. The van der Waals surface area contributed by atoms with Crippen LogP contribution in [0.1, 0.15) is 18.1 Å². The number of carbonyl (C=O) groups excluding carboxylic acids is 2. The van der Waals surface area contributed by atoms with Crippen LogP contribution in [0.25, 0.3) is 16.3 Å². The van der Waals surface area contributed by atoms with E-state index in [4.69, 9.17) is 0 Å². The maximum atomic E-state index is 12.7. The maximum Gasteiger partial charge on any atom is 0.248 e. The Morgan fingerprint density at radius 3 is 2.64 bits per heavy atom. The van der Waals surface area contributed by atoms with Crippen molar-refractivity contribution >= 4 is 62.0 Å². The molecule has 0 fully saturated rings. The fraction of sp³-hybridized carbons (Fsp3) is 0.115. The van der Waals surface area contributed by atoms with Gasteiger partial charge in [0.2, 0.25) is 11.8 Å². The van der Waals surface area contributed by atoms with E-state index in [1.54, 1.807) is 6.08 Å². The summed E-state index contributed by atoms with van der Waals surface area (Å²) in [5, 5.41) is 6.05. The van der Waals surface area contributed by atoms with E-state index >= 15 is 0 Å². The zero-order valence-corrected chi connectivity index (χ0v) is 19.9. The molecule has 0 saturated heterocycles. The Morgan fingerprint density at radius 1 is 1.00 bits per heavy atom. The summed E-state index contributed by atoms with van der Waals surface area (Å²) in [6.45, 7) is 3.89. The van der Waals surface area contributed by atoms with Gasteiger partial charge in [-0.05, 0) is 61.4 Å². The number of thioether (sulfide) groups is 1. The molecule has 0 aliphatic rings. The lowest BCUT2D eigenvalue weighted by Gasteiger charge is -2.11. The molecule has 7 heteroatoms. The van der Waals surface area contributed by atoms with E-state index in [2.05, 4.69) is 21.7 Å². The topological polar surface area (TPSA) is 71.1 Å².